The van der Waals surface area contributed by atoms with Gasteiger partial charge in [-0.2, -0.15) is 0 Å². The summed E-state index contributed by atoms with van der Waals surface area (Å²) in [4.78, 5) is 11.0. The van der Waals surface area contributed by atoms with Crippen molar-refractivity contribution in [2.75, 3.05) is 7.11 Å². The van der Waals surface area contributed by atoms with Crippen LogP contribution in [0.25, 0.3) is 0 Å². The van der Waals surface area contributed by atoms with E-state index in [9.17, 15) is 4.79 Å². The molecule has 0 aliphatic heterocycles. The Hall–Kier alpha value is -1.55. The summed E-state index contributed by atoms with van der Waals surface area (Å²) in [5, 5.41) is 9.02. The van der Waals surface area contributed by atoms with Crippen molar-refractivity contribution < 1.29 is 14.6 Å². The Morgan fingerprint density at radius 2 is 2.00 bits per heavy atom. The molecule has 0 radical (unpaired) electrons. The number of methoxy groups -OCH3 is 1. The zero-order valence-electron chi connectivity index (χ0n) is 11.1. The van der Waals surface area contributed by atoms with Crippen molar-refractivity contribution in [2.45, 2.75) is 38.6 Å². The molecule has 3 N–H and O–H groups in total. The van der Waals surface area contributed by atoms with Crippen molar-refractivity contribution in [3.8, 4) is 5.75 Å². The molecule has 0 amide bonds. The molecule has 0 aliphatic rings. The van der Waals surface area contributed by atoms with E-state index in [4.69, 9.17) is 15.6 Å². The molecule has 100 valence electrons. The lowest BCUT2D eigenvalue weighted by Gasteiger charge is -2.18. The highest BCUT2D eigenvalue weighted by Crippen LogP contribution is 2.30. The molecule has 0 saturated heterocycles. The second-order valence-corrected chi connectivity index (χ2v) is 4.33. The standard InChI is InChI=1S/C14H21NO3/c1-4-9(5-2)10-6-7-12(18-3)11(8-10)13(15)14(16)17/h6-9,13H,4-5,15H2,1-3H3,(H,16,17). The molecular formula is C14H21NO3. The summed E-state index contributed by atoms with van der Waals surface area (Å²) in [6, 6.07) is 4.59. The molecule has 0 aromatic heterocycles. The summed E-state index contributed by atoms with van der Waals surface area (Å²) in [6.07, 6.45) is 2.04. The lowest BCUT2D eigenvalue weighted by molar-refractivity contribution is -0.138. The third-order valence-electron chi connectivity index (χ3n) is 3.31. The van der Waals surface area contributed by atoms with Crippen LogP contribution in [0.4, 0.5) is 0 Å². The molecule has 1 aromatic rings. The minimum absolute atomic E-state index is 0.427. The first-order valence-electron chi connectivity index (χ1n) is 6.21. The first-order chi connectivity index (χ1) is 8.54. The zero-order chi connectivity index (χ0) is 13.7. The Morgan fingerprint density at radius 1 is 1.39 bits per heavy atom. The molecule has 18 heavy (non-hydrogen) atoms. The Labute approximate surface area is 108 Å². The number of aliphatic carboxylic acids is 1. The van der Waals surface area contributed by atoms with Crippen molar-refractivity contribution in [3.63, 3.8) is 0 Å². The number of benzene rings is 1. The Balaban J connectivity index is 3.20. The van der Waals surface area contributed by atoms with E-state index in [0.717, 1.165) is 18.4 Å². The van der Waals surface area contributed by atoms with Gasteiger partial charge in [0.15, 0.2) is 0 Å². The van der Waals surface area contributed by atoms with Crippen molar-refractivity contribution in [1.29, 1.82) is 0 Å². The van der Waals surface area contributed by atoms with Gasteiger partial charge < -0.3 is 15.6 Å². The van der Waals surface area contributed by atoms with Gasteiger partial charge in [0.05, 0.1) is 7.11 Å². The molecule has 1 rings (SSSR count). The SMILES string of the molecule is CCC(CC)c1ccc(OC)c(C(N)C(=O)O)c1. The maximum atomic E-state index is 11.0. The van der Waals surface area contributed by atoms with Crippen LogP contribution in [0.1, 0.15) is 49.8 Å². The minimum atomic E-state index is -1.05. The van der Waals surface area contributed by atoms with Crippen LogP contribution in [0.3, 0.4) is 0 Å². The molecule has 1 atom stereocenters. The molecule has 1 aromatic carbocycles. The summed E-state index contributed by atoms with van der Waals surface area (Å²) in [5.74, 6) is -0.0924. The number of ether oxygens (including phenoxy) is 1. The van der Waals surface area contributed by atoms with E-state index >= 15 is 0 Å². The fourth-order valence-electron chi connectivity index (χ4n) is 2.14. The monoisotopic (exact) mass is 251 g/mol. The quantitative estimate of drug-likeness (QED) is 0.815. The third kappa shape index (κ3) is 3.01. The van der Waals surface area contributed by atoms with Gasteiger partial charge in [0.1, 0.15) is 11.8 Å². The number of hydrogen-bond donors (Lipinski definition) is 2. The van der Waals surface area contributed by atoms with Gasteiger partial charge in [0, 0.05) is 5.56 Å². The fraction of sp³-hybridized carbons (Fsp3) is 0.500. The molecule has 0 bridgehead atoms. The molecule has 1 unspecified atom stereocenters. The second-order valence-electron chi connectivity index (χ2n) is 4.33. The average molecular weight is 251 g/mol. The predicted octanol–water partition coefficient (Wildman–Crippen LogP) is 2.68. The summed E-state index contributed by atoms with van der Waals surface area (Å²) in [7, 11) is 1.52. The number of carboxylic acid groups (broad SMARTS) is 1. The first kappa shape index (κ1) is 14.5. The summed E-state index contributed by atoms with van der Waals surface area (Å²) >= 11 is 0. The van der Waals surface area contributed by atoms with E-state index in [1.54, 1.807) is 6.07 Å². The minimum Gasteiger partial charge on any atom is -0.496 e. The van der Waals surface area contributed by atoms with Crippen LogP contribution in [0, 0.1) is 0 Å². The summed E-state index contributed by atoms with van der Waals surface area (Å²) in [5.41, 5.74) is 7.34. The third-order valence-corrected chi connectivity index (χ3v) is 3.31. The van der Waals surface area contributed by atoms with Crippen LogP contribution >= 0.6 is 0 Å². The van der Waals surface area contributed by atoms with Gasteiger partial charge in [-0.25, -0.2) is 0 Å². The van der Waals surface area contributed by atoms with E-state index in [1.807, 2.05) is 12.1 Å². The normalized spacial score (nSPS) is 12.5. The number of nitrogens with two attached hydrogens (primary N) is 1. The predicted molar refractivity (Wildman–Crippen MR) is 70.9 cm³/mol. The van der Waals surface area contributed by atoms with Crippen LogP contribution in [0.15, 0.2) is 18.2 Å². The smallest absolute Gasteiger partial charge is 0.325 e. The highest BCUT2D eigenvalue weighted by molar-refractivity contribution is 5.76. The fourth-order valence-corrected chi connectivity index (χ4v) is 2.14. The van der Waals surface area contributed by atoms with E-state index in [2.05, 4.69) is 13.8 Å². The summed E-state index contributed by atoms with van der Waals surface area (Å²) in [6.45, 7) is 4.24. The van der Waals surface area contributed by atoms with Gasteiger partial charge in [-0.05, 0) is 36.5 Å². The maximum Gasteiger partial charge on any atom is 0.325 e. The lowest BCUT2D eigenvalue weighted by atomic mass is 9.91. The first-order valence-corrected chi connectivity index (χ1v) is 6.21. The van der Waals surface area contributed by atoms with E-state index in [1.165, 1.54) is 7.11 Å². The Kier molecular flexibility index (Phi) is 5.16. The lowest BCUT2D eigenvalue weighted by Crippen LogP contribution is -2.21. The Bertz CT molecular complexity index is 414. The van der Waals surface area contributed by atoms with Gasteiger partial charge in [0.2, 0.25) is 0 Å². The van der Waals surface area contributed by atoms with Crippen molar-refractivity contribution >= 4 is 5.97 Å². The molecular weight excluding hydrogens is 230 g/mol. The summed E-state index contributed by atoms with van der Waals surface area (Å²) < 4.78 is 5.18. The number of hydrogen-bond acceptors (Lipinski definition) is 3. The van der Waals surface area contributed by atoms with E-state index < -0.39 is 12.0 Å². The molecule has 0 saturated carbocycles. The van der Waals surface area contributed by atoms with E-state index in [0.29, 0.717) is 17.2 Å². The molecule has 4 nitrogen and oxygen atoms in total. The van der Waals surface area contributed by atoms with Crippen LogP contribution in [0.2, 0.25) is 0 Å². The van der Waals surface area contributed by atoms with E-state index in [-0.39, 0.29) is 0 Å². The number of rotatable bonds is 6. The van der Waals surface area contributed by atoms with Crippen LogP contribution in [0.5, 0.6) is 5.75 Å². The number of carbonyl (C=O) groups is 1. The van der Waals surface area contributed by atoms with Gasteiger partial charge in [-0.15, -0.1) is 0 Å². The highest BCUT2D eigenvalue weighted by Gasteiger charge is 2.20. The Morgan fingerprint density at radius 3 is 2.44 bits per heavy atom. The van der Waals surface area contributed by atoms with Crippen LogP contribution < -0.4 is 10.5 Å². The van der Waals surface area contributed by atoms with Gasteiger partial charge >= 0.3 is 5.97 Å². The molecule has 0 aliphatic carbocycles. The molecule has 4 heteroatoms. The highest BCUT2D eigenvalue weighted by atomic mass is 16.5. The molecule has 0 spiro atoms. The number of carboxylic acids is 1. The molecule has 0 heterocycles. The van der Waals surface area contributed by atoms with Gasteiger partial charge in [0.25, 0.3) is 0 Å². The topological polar surface area (TPSA) is 72.5 Å². The maximum absolute atomic E-state index is 11.0. The van der Waals surface area contributed by atoms with Crippen LogP contribution in [-0.4, -0.2) is 18.2 Å². The average Bonchev–Trinajstić information content (AvgIpc) is 2.39. The van der Waals surface area contributed by atoms with Crippen molar-refractivity contribution in [3.05, 3.63) is 29.3 Å². The largest absolute Gasteiger partial charge is 0.496 e. The molecule has 0 fully saturated rings. The van der Waals surface area contributed by atoms with Crippen LogP contribution in [-0.2, 0) is 4.79 Å². The van der Waals surface area contributed by atoms with Gasteiger partial charge in [-0.1, -0.05) is 19.9 Å². The zero-order valence-corrected chi connectivity index (χ0v) is 11.1. The second kappa shape index (κ2) is 6.40. The van der Waals surface area contributed by atoms with Crippen molar-refractivity contribution in [1.82, 2.24) is 0 Å². The van der Waals surface area contributed by atoms with Gasteiger partial charge in [-0.3, -0.25) is 4.79 Å². The van der Waals surface area contributed by atoms with Crippen molar-refractivity contribution in [2.24, 2.45) is 5.73 Å².